The molecule has 2 unspecified atom stereocenters. The lowest BCUT2D eigenvalue weighted by Gasteiger charge is -2.30. The Morgan fingerprint density at radius 1 is 1.31 bits per heavy atom. The van der Waals surface area contributed by atoms with Gasteiger partial charge < -0.3 is 20.9 Å². The summed E-state index contributed by atoms with van der Waals surface area (Å²) in [6.45, 7) is 7.61. The van der Waals surface area contributed by atoms with Crippen molar-refractivity contribution in [3.8, 4) is 0 Å². The number of hydrazone groups is 1. The molecule has 0 saturated heterocycles. The van der Waals surface area contributed by atoms with Crippen molar-refractivity contribution >= 4 is 6.21 Å². The molecule has 6 nitrogen and oxygen atoms in total. The summed E-state index contributed by atoms with van der Waals surface area (Å²) < 4.78 is 38.7. The highest BCUT2D eigenvalue weighted by atomic mass is 19.4. The van der Waals surface area contributed by atoms with Crippen molar-refractivity contribution in [2.75, 3.05) is 27.3 Å². The van der Waals surface area contributed by atoms with Crippen molar-refractivity contribution in [3.63, 3.8) is 0 Å². The fourth-order valence-electron chi connectivity index (χ4n) is 3.11. The molecule has 158 valence electrons. The number of hydrogen-bond acceptors (Lipinski definition) is 6. The average molecular weight is 408 g/mol. The Kier molecular flexibility index (Phi) is 7.33. The van der Waals surface area contributed by atoms with Crippen LogP contribution < -0.4 is 11.1 Å². The highest BCUT2D eigenvalue weighted by Gasteiger charge is 2.34. The Morgan fingerprint density at radius 2 is 2.03 bits per heavy atom. The molecule has 2 aliphatic rings. The molecule has 2 rings (SSSR count). The molecule has 2 atom stereocenters. The number of nitrogens with two attached hydrogens (primary N) is 1. The van der Waals surface area contributed by atoms with Crippen LogP contribution in [0, 0.1) is 0 Å². The molecule has 0 aromatic heterocycles. The van der Waals surface area contributed by atoms with Crippen molar-refractivity contribution in [2.45, 2.75) is 18.4 Å². The van der Waals surface area contributed by atoms with Crippen LogP contribution in [0.15, 0.2) is 77.9 Å². The molecule has 0 saturated carbocycles. The summed E-state index contributed by atoms with van der Waals surface area (Å²) in [4.78, 5) is 4.26. The van der Waals surface area contributed by atoms with Crippen molar-refractivity contribution in [3.05, 3.63) is 72.8 Å². The fraction of sp³-hybridized carbons (Fsp3) is 0.350. The van der Waals surface area contributed by atoms with E-state index >= 15 is 0 Å². The number of fused-ring (bicyclic) bond motifs is 1. The van der Waals surface area contributed by atoms with Gasteiger partial charge in [0.2, 0.25) is 0 Å². The van der Waals surface area contributed by atoms with Crippen LogP contribution in [-0.4, -0.2) is 66.7 Å². The molecule has 2 heterocycles. The number of nitrogens with one attached hydrogen (secondary N) is 1. The van der Waals surface area contributed by atoms with E-state index in [-0.39, 0.29) is 18.9 Å². The third-order valence-electron chi connectivity index (χ3n) is 4.63. The molecule has 0 bridgehead atoms. The van der Waals surface area contributed by atoms with Gasteiger partial charge in [0.15, 0.2) is 0 Å². The third kappa shape index (κ3) is 5.32. The van der Waals surface area contributed by atoms with E-state index < -0.39 is 11.7 Å². The van der Waals surface area contributed by atoms with Crippen LogP contribution in [0.4, 0.5) is 13.2 Å². The van der Waals surface area contributed by atoms with E-state index in [4.69, 9.17) is 5.73 Å². The van der Waals surface area contributed by atoms with Gasteiger partial charge in [0, 0.05) is 38.7 Å². The van der Waals surface area contributed by atoms with Gasteiger partial charge in [-0.25, -0.2) is 0 Å². The van der Waals surface area contributed by atoms with E-state index in [1.54, 1.807) is 13.1 Å². The largest absolute Gasteiger partial charge is 0.417 e. The van der Waals surface area contributed by atoms with Gasteiger partial charge in [0.25, 0.3) is 0 Å². The van der Waals surface area contributed by atoms with Crippen molar-refractivity contribution in [1.82, 2.24) is 20.1 Å². The lowest BCUT2D eigenvalue weighted by Crippen LogP contribution is -2.39. The van der Waals surface area contributed by atoms with Crippen LogP contribution in [0.2, 0.25) is 0 Å². The zero-order valence-electron chi connectivity index (χ0n) is 16.6. The van der Waals surface area contributed by atoms with Crippen LogP contribution in [-0.2, 0) is 0 Å². The van der Waals surface area contributed by atoms with Crippen molar-refractivity contribution in [1.29, 1.82) is 0 Å². The van der Waals surface area contributed by atoms with Crippen LogP contribution in [0.1, 0.15) is 0 Å². The fourth-order valence-corrected chi connectivity index (χ4v) is 3.11. The predicted molar refractivity (Wildman–Crippen MR) is 110 cm³/mol. The monoisotopic (exact) mass is 408 g/mol. The third-order valence-corrected chi connectivity index (χ3v) is 4.63. The van der Waals surface area contributed by atoms with Gasteiger partial charge in [0.05, 0.1) is 17.8 Å². The molecule has 0 radical (unpaired) electrons. The van der Waals surface area contributed by atoms with Gasteiger partial charge in [-0.15, -0.1) is 0 Å². The van der Waals surface area contributed by atoms with Gasteiger partial charge in [-0.1, -0.05) is 25.3 Å². The van der Waals surface area contributed by atoms with E-state index in [1.807, 2.05) is 19.4 Å². The summed E-state index contributed by atoms with van der Waals surface area (Å²) in [7, 11) is 3.56. The van der Waals surface area contributed by atoms with E-state index in [2.05, 4.69) is 45.5 Å². The summed E-state index contributed by atoms with van der Waals surface area (Å²) in [5.41, 5.74) is 6.78. The maximum absolute atomic E-state index is 12.9. The molecule has 0 spiro atoms. The molecule has 0 aromatic rings. The topological polar surface area (TPSA) is 60.1 Å². The quantitative estimate of drug-likeness (QED) is 0.202. The Hall–Kier alpha value is -2.94. The first-order valence-corrected chi connectivity index (χ1v) is 9.03. The molecule has 9 heteroatoms. The number of rotatable bonds is 9. The summed E-state index contributed by atoms with van der Waals surface area (Å²) >= 11 is 0. The average Bonchev–Trinajstić information content (AvgIpc) is 3.24. The first-order valence-electron chi connectivity index (χ1n) is 9.03. The van der Waals surface area contributed by atoms with Crippen LogP contribution >= 0.6 is 0 Å². The summed E-state index contributed by atoms with van der Waals surface area (Å²) in [6, 6.07) is -0.0205. The van der Waals surface area contributed by atoms with Crippen molar-refractivity contribution < 1.29 is 13.2 Å². The van der Waals surface area contributed by atoms with Gasteiger partial charge in [0.1, 0.15) is 12.8 Å². The molecule has 0 aromatic carbocycles. The van der Waals surface area contributed by atoms with Gasteiger partial charge in [-0.3, -0.25) is 5.01 Å². The molecule has 0 fully saturated rings. The standard InChI is InChI=1S/C20H27F3N6/c1-5-7-15(20(21,22)23)13-26-28(4)14-25-17(6-2)16(12-24)18-8-9-19-27(3)10-11-29(18)19/h5-11,13,18-19,25H,1-2,12,14,24H2,3-4H3/b15-7+,17-16+,26-13-. The normalized spacial score (nSPS) is 22.2. The maximum atomic E-state index is 12.9. The second kappa shape index (κ2) is 9.51. The molecule has 2 aliphatic heterocycles. The van der Waals surface area contributed by atoms with Gasteiger partial charge in [-0.05, 0) is 23.8 Å². The molecule has 0 aliphatic carbocycles. The molecule has 0 amide bonds. The number of likely N-dealkylation sites (N-methyl/N-ethyl adjacent to an activating group) is 1. The minimum absolute atomic E-state index is 0.0205. The summed E-state index contributed by atoms with van der Waals surface area (Å²) in [6.07, 6.45) is 8.20. The predicted octanol–water partition coefficient (Wildman–Crippen LogP) is 2.51. The number of hydrogen-bond donors (Lipinski definition) is 2. The highest BCUT2D eigenvalue weighted by Crippen LogP contribution is 2.29. The minimum Gasteiger partial charge on any atom is -0.367 e. The molecular formula is C20H27F3N6. The Labute approximate surface area is 169 Å². The lowest BCUT2D eigenvalue weighted by molar-refractivity contribution is -0.0856. The zero-order chi connectivity index (χ0) is 21.6. The molecular weight excluding hydrogens is 381 g/mol. The number of alkyl halides is 3. The number of allylic oxidation sites excluding steroid dienone is 4. The number of nitrogens with zero attached hydrogens (tertiary/aromatic N) is 4. The van der Waals surface area contributed by atoms with Crippen LogP contribution in [0.25, 0.3) is 0 Å². The summed E-state index contributed by atoms with van der Waals surface area (Å²) in [5.74, 6) is 0. The first kappa shape index (κ1) is 22.4. The van der Waals surface area contributed by atoms with Crippen molar-refractivity contribution in [2.24, 2.45) is 10.8 Å². The van der Waals surface area contributed by atoms with Crippen LogP contribution in [0.3, 0.4) is 0 Å². The molecule has 3 N–H and O–H groups in total. The highest BCUT2D eigenvalue weighted by molar-refractivity contribution is 5.80. The number of halogens is 3. The second-order valence-electron chi connectivity index (χ2n) is 6.59. The van der Waals surface area contributed by atoms with E-state index in [0.717, 1.165) is 29.6 Å². The maximum Gasteiger partial charge on any atom is 0.417 e. The zero-order valence-corrected chi connectivity index (χ0v) is 16.6. The van der Waals surface area contributed by atoms with Crippen LogP contribution in [0.5, 0.6) is 0 Å². The second-order valence-corrected chi connectivity index (χ2v) is 6.59. The van der Waals surface area contributed by atoms with E-state index in [9.17, 15) is 13.2 Å². The minimum atomic E-state index is -4.49. The Balaban J connectivity index is 2.08. The van der Waals surface area contributed by atoms with Gasteiger partial charge in [-0.2, -0.15) is 18.3 Å². The molecule has 29 heavy (non-hydrogen) atoms. The Bertz CT molecular complexity index is 763. The Morgan fingerprint density at radius 3 is 2.62 bits per heavy atom. The SMILES string of the molecule is C=C/C=C(\C=N/N(C)CN/C(C=C)=C(\CN)C1C=CC2N(C)C=CN12)C(F)(F)F. The van der Waals surface area contributed by atoms with E-state index in [0.29, 0.717) is 6.54 Å². The van der Waals surface area contributed by atoms with E-state index in [1.165, 1.54) is 5.01 Å². The first-order chi connectivity index (χ1) is 13.7. The smallest absolute Gasteiger partial charge is 0.367 e. The van der Waals surface area contributed by atoms with Gasteiger partial charge >= 0.3 is 6.18 Å². The summed E-state index contributed by atoms with van der Waals surface area (Å²) in [5, 5.41) is 8.36. The lowest BCUT2D eigenvalue weighted by atomic mass is 10.0.